The SMILES string of the molecule is Cc1ccc(C#N)cc1NC(=S)NC(C)C. The fraction of sp³-hybridized carbons (Fsp3) is 0.333. The van der Waals surface area contributed by atoms with Gasteiger partial charge in [-0.3, -0.25) is 0 Å². The molecule has 1 aromatic carbocycles. The molecule has 0 bridgehead atoms. The fourth-order valence-electron chi connectivity index (χ4n) is 1.25. The second kappa shape index (κ2) is 5.47. The lowest BCUT2D eigenvalue weighted by Gasteiger charge is -2.14. The van der Waals surface area contributed by atoms with Gasteiger partial charge in [0, 0.05) is 11.7 Å². The highest BCUT2D eigenvalue weighted by Gasteiger charge is 2.03. The van der Waals surface area contributed by atoms with Crippen molar-refractivity contribution in [2.75, 3.05) is 5.32 Å². The highest BCUT2D eigenvalue weighted by Crippen LogP contribution is 2.16. The van der Waals surface area contributed by atoms with E-state index >= 15 is 0 Å². The first-order chi connectivity index (χ1) is 7.52. The number of aryl methyl sites for hydroxylation is 1. The molecule has 0 aliphatic rings. The summed E-state index contributed by atoms with van der Waals surface area (Å²) in [5, 5.41) is 15.6. The van der Waals surface area contributed by atoms with Gasteiger partial charge >= 0.3 is 0 Å². The molecule has 0 spiro atoms. The molecule has 0 unspecified atom stereocenters. The van der Waals surface area contributed by atoms with Gasteiger partial charge in [-0.25, -0.2) is 0 Å². The number of hydrogen-bond donors (Lipinski definition) is 2. The summed E-state index contributed by atoms with van der Waals surface area (Å²) in [6.45, 7) is 6.01. The molecule has 0 fully saturated rings. The predicted molar refractivity (Wildman–Crippen MR) is 70.4 cm³/mol. The summed E-state index contributed by atoms with van der Waals surface area (Å²) in [6, 6.07) is 7.88. The third kappa shape index (κ3) is 3.52. The summed E-state index contributed by atoms with van der Waals surface area (Å²) < 4.78 is 0. The summed E-state index contributed by atoms with van der Waals surface area (Å²) in [5.41, 5.74) is 2.56. The number of rotatable bonds is 2. The Hall–Kier alpha value is -1.60. The molecule has 0 aromatic heterocycles. The van der Waals surface area contributed by atoms with Crippen molar-refractivity contribution in [3.05, 3.63) is 29.3 Å². The summed E-state index contributed by atoms with van der Waals surface area (Å²) in [6.07, 6.45) is 0. The van der Waals surface area contributed by atoms with Crippen LogP contribution in [0.4, 0.5) is 5.69 Å². The van der Waals surface area contributed by atoms with E-state index in [0.29, 0.717) is 16.7 Å². The molecule has 1 rings (SSSR count). The van der Waals surface area contributed by atoms with E-state index in [1.165, 1.54) is 0 Å². The Labute approximate surface area is 101 Å². The van der Waals surface area contributed by atoms with Crippen molar-refractivity contribution in [1.82, 2.24) is 5.32 Å². The molecule has 3 nitrogen and oxygen atoms in total. The quantitative estimate of drug-likeness (QED) is 0.771. The molecule has 0 saturated heterocycles. The van der Waals surface area contributed by atoms with Gasteiger partial charge in [-0.2, -0.15) is 5.26 Å². The van der Waals surface area contributed by atoms with Gasteiger partial charge in [0.15, 0.2) is 5.11 Å². The van der Waals surface area contributed by atoms with Crippen molar-refractivity contribution >= 4 is 23.0 Å². The van der Waals surface area contributed by atoms with Crippen LogP contribution in [0.5, 0.6) is 0 Å². The third-order valence-electron chi connectivity index (χ3n) is 2.03. The summed E-state index contributed by atoms with van der Waals surface area (Å²) in [7, 11) is 0. The van der Waals surface area contributed by atoms with Gasteiger partial charge in [-0.1, -0.05) is 6.07 Å². The van der Waals surface area contributed by atoms with Crippen LogP contribution in [0.25, 0.3) is 0 Å². The zero-order chi connectivity index (χ0) is 12.1. The van der Waals surface area contributed by atoms with Gasteiger partial charge in [0.25, 0.3) is 0 Å². The maximum Gasteiger partial charge on any atom is 0.170 e. The Morgan fingerprint density at radius 2 is 2.12 bits per heavy atom. The van der Waals surface area contributed by atoms with E-state index < -0.39 is 0 Å². The Balaban J connectivity index is 2.81. The van der Waals surface area contributed by atoms with Crippen molar-refractivity contribution in [3.8, 4) is 6.07 Å². The van der Waals surface area contributed by atoms with Crippen molar-refractivity contribution in [3.63, 3.8) is 0 Å². The molecule has 4 heteroatoms. The molecule has 0 aliphatic heterocycles. The minimum atomic E-state index is 0.291. The number of nitrogens with zero attached hydrogens (tertiary/aromatic N) is 1. The van der Waals surface area contributed by atoms with E-state index in [2.05, 4.69) is 16.7 Å². The molecular weight excluding hydrogens is 218 g/mol. The number of thiocarbonyl (C=S) groups is 1. The molecule has 0 heterocycles. The van der Waals surface area contributed by atoms with Crippen molar-refractivity contribution in [2.24, 2.45) is 0 Å². The second-order valence-electron chi connectivity index (χ2n) is 3.89. The van der Waals surface area contributed by atoms with Gasteiger partial charge in [0.1, 0.15) is 0 Å². The lowest BCUT2D eigenvalue weighted by Crippen LogP contribution is -2.34. The third-order valence-corrected chi connectivity index (χ3v) is 2.25. The average molecular weight is 233 g/mol. The predicted octanol–water partition coefficient (Wildman–Crippen LogP) is 2.56. The minimum Gasteiger partial charge on any atom is -0.360 e. The Morgan fingerprint density at radius 1 is 1.44 bits per heavy atom. The first-order valence-corrected chi connectivity index (χ1v) is 5.52. The average Bonchev–Trinajstić information content (AvgIpc) is 2.20. The van der Waals surface area contributed by atoms with E-state index in [0.717, 1.165) is 11.3 Å². The number of anilines is 1. The van der Waals surface area contributed by atoms with E-state index in [-0.39, 0.29) is 0 Å². The van der Waals surface area contributed by atoms with Crippen LogP contribution >= 0.6 is 12.2 Å². The Bertz CT molecular complexity index is 432. The van der Waals surface area contributed by atoms with Crippen molar-refractivity contribution < 1.29 is 0 Å². The maximum absolute atomic E-state index is 8.81. The van der Waals surface area contributed by atoms with E-state index in [1.807, 2.05) is 26.8 Å². The largest absolute Gasteiger partial charge is 0.360 e. The van der Waals surface area contributed by atoms with Crippen LogP contribution < -0.4 is 10.6 Å². The van der Waals surface area contributed by atoms with Gasteiger partial charge in [-0.05, 0) is 50.7 Å². The van der Waals surface area contributed by atoms with Crippen LogP contribution in [0, 0.1) is 18.3 Å². The normalized spacial score (nSPS) is 9.69. The van der Waals surface area contributed by atoms with Crippen LogP contribution in [0.3, 0.4) is 0 Å². The van der Waals surface area contributed by atoms with Crippen LogP contribution in [-0.4, -0.2) is 11.2 Å². The lowest BCUT2D eigenvalue weighted by atomic mass is 10.1. The second-order valence-corrected chi connectivity index (χ2v) is 4.30. The molecule has 0 atom stereocenters. The van der Waals surface area contributed by atoms with E-state index in [9.17, 15) is 0 Å². The molecule has 0 saturated carbocycles. The number of benzene rings is 1. The smallest absolute Gasteiger partial charge is 0.170 e. The number of hydrogen-bond acceptors (Lipinski definition) is 2. The van der Waals surface area contributed by atoms with Crippen LogP contribution in [0.2, 0.25) is 0 Å². The fourth-order valence-corrected chi connectivity index (χ4v) is 1.59. The maximum atomic E-state index is 8.81. The van der Waals surface area contributed by atoms with Crippen molar-refractivity contribution in [2.45, 2.75) is 26.8 Å². The van der Waals surface area contributed by atoms with Gasteiger partial charge < -0.3 is 10.6 Å². The van der Waals surface area contributed by atoms with Crippen LogP contribution in [0.1, 0.15) is 25.0 Å². The zero-order valence-electron chi connectivity index (χ0n) is 9.66. The summed E-state index contributed by atoms with van der Waals surface area (Å²) in [4.78, 5) is 0. The summed E-state index contributed by atoms with van der Waals surface area (Å²) >= 11 is 5.15. The molecule has 0 radical (unpaired) electrons. The first-order valence-electron chi connectivity index (χ1n) is 5.11. The highest BCUT2D eigenvalue weighted by molar-refractivity contribution is 7.80. The molecule has 16 heavy (non-hydrogen) atoms. The summed E-state index contributed by atoms with van der Waals surface area (Å²) in [5.74, 6) is 0. The standard InChI is InChI=1S/C12H15N3S/c1-8(2)14-12(16)15-11-6-10(7-13)5-4-9(11)3/h4-6,8H,1-3H3,(H2,14,15,16). The Morgan fingerprint density at radius 3 is 2.69 bits per heavy atom. The van der Waals surface area contributed by atoms with Gasteiger partial charge in [0.2, 0.25) is 0 Å². The van der Waals surface area contributed by atoms with E-state index in [1.54, 1.807) is 12.1 Å². The molecule has 2 N–H and O–H groups in total. The molecule has 1 aromatic rings. The molecule has 0 aliphatic carbocycles. The molecular formula is C12H15N3S. The monoisotopic (exact) mass is 233 g/mol. The van der Waals surface area contributed by atoms with Crippen LogP contribution in [0.15, 0.2) is 18.2 Å². The zero-order valence-corrected chi connectivity index (χ0v) is 10.5. The van der Waals surface area contributed by atoms with Crippen molar-refractivity contribution in [1.29, 1.82) is 5.26 Å². The van der Waals surface area contributed by atoms with Crippen LogP contribution in [-0.2, 0) is 0 Å². The topological polar surface area (TPSA) is 47.9 Å². The van der Waals surface area contributed by atoms with Gasteiger partial charge in [-0.15, -0.1) is 0 Å². The molecule has 84 valence electrons. The first kappa shape index (κ1) is 12.5. The molecule has 0 amide bonds. The minimum absolute atomic E-state index is 0.291. The Kier molecular flexibility index (Phi) is 4.27. The number of nitriles is 1. The van der Waals surface area contributed by atoms with Gasteiger partial charge in [0.05, 0.1) is 11.6 Å². The number of nitrogens with one attached hydrogen (secondary N) is 2. The lowest BCUT2D eigenvalue weighted by molar-refractivity contribution is 0.739. The van der Waals surface area contributed by atoms with E-state index in [4.69, 9.17) is 17.5 Å². The highest BCUT2D eigenvalue weighted by atomic mass is 32.1.